The van der Waals surface area contributed by atoms with Gasteiger partial charge in [-0.1, -0.05) is 0 Å². The van der Waals surface area contributed by atoms with Crippen LogP contribution in [0.3, 0.4) is 0 Å². The molecule has 1 N–H and O–H groups in total. The second kappa shape index (κ2) is 5.78. The Kier molecular flexibility index (Phi) is 4.10. The Balaban J connectivity index is 2.28. The molecule has 1 aromatic carbocycles. The molecule has 0 bridgehead atoms. The van der Waals surface area contributed by atoms with Crippen molar-refractivity contribution >= 4 is 0 Å². The Morgan fingerprint density at radius 2 is 2.11 bits per heavy atom. The highest BCUT2D eigenvalue weighted by Gasteiger charge is 2.21. The third-order valence-electron chi connectivity index (χ3n) is 2.97. The minimum atomic E-state index is -0.786. The van der Waals surface area contributed by atoms with Crippen LogP contribution in [0.1, 0.15) is 24.5 Å². The average molecular weight is 250 g/mol. The lowest BCUT2D eigenvalue weighted by Gasteiger charge is -2.21. The molecule has 0 aromatic heterocycles. The fourth-order valence-corrected chi connectivity index (χ4v) is 1.96. The van der Waals surface area contributed by atoms with Gasteiger partial charge in [-0.05, 0) is 31.1 Å². The molecule has 18 heavy (non-hydrogen) atoms. The maximum absolute atomic E-state index is 10.3. The van der Waals surface area contributed by atoms with Gasteiger partial charge in [0.2, 0.25) is 0 Å². The van der Waals surface area contributed by atoms with E-state index in [-0.39, 0.29) is 0 Å². The van der Waals surface area contributed by atoms with Crippen molar-refractivity contribution in [3.05, 3.63) is 35.6 Å². The van der Waals surface area contributed by atoms with Crippen LogP contribution in [0.2, 0.25) is 0 Å². The molecule has 1 aliphatic heterocycles. The van der Waals surface area contributed by atoms with Gasteiger partial charge in [0.1, 0.15) is 23.4 Å². The van der Waals surface area contributed by atoms with Gasteiger partial charge in [0.15, 0.2) is 0 Å². The van der Waals surface area contributed by atoms with Crippen molar-refractivity contribution in [1.82, 2.24) is 0 Å². The van der Waals surface area contributed by atoms with E-state index in [4.69, 9.17) is 14.2 Å². The zero-order valence-corrected chi connectivity index (χ0v) is 10.7. The van der Waals surface area contributed by atoms with E-state index in [1.54, 1.807) is 32.4 Å². The van der Waals surface area contributed by atoms with E-state index in [2.05, 4.69) is 0 Å². The van der Waals surface area contributed by atoms with Crippen LogP contribution in [0.4, 0.5) is 0 Å². The summed E-state index contributed by atoms with van der Waals surface area (Å²) in [5, 5.41) is 10.3. The highest BCUT2D eigenvalue weighted by atomic mass is 16.5. The molecular weight excluding hydrogens is 232 g/mol. The summed E-state index contributed by atoms with van der Waals surface area (Å²) < 4.78 is 15.9. The standard InChI is InChI=1S/C14H18O4/c1-16-10-6-7-11(13(9-10)17-2)14(15)12-5-3-4-8-18-12/h5-7,9,14-15H,3-4,8H2,1-2H3. The quantitative estimate of drug-likeness (QED) is 0.891. The molecule has 1 aliphatic rings. The lowest BCUT2D eigenvalue weighted by molar-refractivity contribution is 0.0902. The van der Waals surface area contributed by atoms with Crippen molar-refractivity contribution in [2.45, 2.75) is 18.9 Å². The Bertz CT molecular complexity index is 439. The molecule has 1 atom stereocenters. The molecule has 98 valence electrons. The highest BCUT2D eigenvalue weighted by Crippen LogP contribution is 2.34. The largest absolute Gasteiger partial charge is 0.497 e. The van der Waals surface area contributed by atoms with E-state index in [9.17, 15) is 5.11 Å². The number of benzene rings is 1. The predicted molar refractivity (Wildman–Crippen MR) is 67.8 cm³/mol. The first kappa shape index (κ1) is 12.8. The van der Waals surface area contributed by atoms with Gasteiger partial charge in [-0.2, -0.15) is 0 Å². The van der Waals surface area contributed by atoms with Gasteiger partial charge in [0, 0.05) is 11.6 Å². The first-order chi connectivity index (χ1) is 8.76. The van der Waals surface area contributed by atoms with E-state index in [1.165, 1.54) is 0 Å². The van der Waals surface area contributed by atoms with Crippen LogP contribution in [0.25, 0.3) is 0 Å². The molecule has 0 fully saturated rings. The summed E-state index contributed by atoms with van der Waals surface area (Å²) in [4.78, 5) is 0. The van der Waals surface area contributed by atoms with Gasteiger partial charge in [-0.25, -0.2) is 0 Å². The fraction of sp³-hybridized carbons (Fsp3) is 0.429. The van der Waals surface area contributed by atoms with Crippen molar-refractivity contribution in [3.63, 3.8) is 0 Å². The Hall–Kier alpha value is -1.68. The van der Waals surface area contributed by atoms with E-state index in [1.807, 2.05) is 6.08 Å². The minimum absolute atomic E-state index is 0.594. The molecule has 2 rings (SSSR count). The molecule has 0 radical (unpaired) electrons. The molecule has 1 unspecified atom stereocenters. The van der Waals surface area contributed by atoms with Gasteiger partial charge < -0.3 is 19.3 Å². The topological polar surface area (TPSA) is 47.9 Å². The molecule has 1 heterocycles. The molecule has 0 saturated heterocycles. The highest BCUT2D eigenvalue weighted by molar-refractivity contribution is 5.43. The number of hydrogen-bond acceptors (Lipinski definition) is 4. The smallest absolute Gasteiger partial charge is 0.139 e. The second-order valence-electron chi connectivity index (χ2n) is 4.11. The maximum Gasteiger partial charge on any atom is 0.139 e. The molecule has 0 aliphatic carbocycles. The van der Waals surface area contributed by atoms with Gasteiger partial charge in [-0.3, -0.25) is 0 Å². The first-order valence-corrected chi connectivity index (χ1v) is 5.99. The van der Waals surface area contributed by atoms with E-state index < -0.39 is 6.10 Å². The predicted octanol–water partition coefficient (Wildman–Crippen LogP) is 2.43. The van der Waals surface area contributed by atoms with Crippen LogP contribution in [0.5, 0.6) is 11.5 Å². The fourth-order valence-electron chi connectivity index (χ4n) is 1.96. The average Bonchev–Trinajstić information content (AvgIpc) is 2.46. The molecule has 0 spiro atoms. The summed E-state index contributed by atoms with van der Waals surface area (Å²) in [6.07, 6.45) is 3.07. The van der Waals surface area contributed by atoms with Gasteiger partial charge in [0.25, 0.3) is 0 Å². The molecule has 0 amide bonds. The van der Waals surface area contributed by atoms with Gasteiger partial charge in [0.05, 0.1) is 20.8 Å². The van der Waals surface area contributed by atoms with E-state index >= 15 is 0 Å². The zero-order chi connectivity index (χ0) is 13.0. The number of rotatable bonds is 4. The van der Waals surface area contributed by atoms with Gasteiger partial charge in [-0.15, -0.1) is 0 Å². The third kappa shape index (κ3) is 2.59. The van der Waals surface area contributed by atoms with Gasteiger partial charge >= 0.3 is 0 Å². The van der Waals surface area contributed by atoms with Crippen LogP contribution in [-0.2, 0) is 4.74 Å². The summed E-state index contributed by atoms with van der Waals surface area (Å²) in [5.74, 6) is 1.89. The van der Waals surface area contributed by atoms with Crippen LogP contribution in [0, 0.1) is 0 Å². The summed E-state index contributed by atoms with van der Waals surface area (Å²) in [6.45, 7) is 0.654. The number of aliphatic hydroxyl groups excluding tert-OH is 1. The zero-order valence-electron chi connectivity index (χ0n) is 10.7. The number of ether oxygens (including phenoxy) is 3. The Labute approximate surface area is 107 Å². The molecule has 4 heteroatoms. The van der Waals surface area contributed by atoms with Crippen molar-refractivity contribution in [1.29, 1.82) is 0 Å². The molecule has 0 saturated carbocycles. The summed E-state index contributed by atoms with van der Waals surface area (Å²) in [6, 6.07) is 5.34. The number of aliphatic hydroxyl groups is 1. The number of hydrogen-bond donors (Lipinski definition) is 1. The van der Waals surface area contributed by atoms with E-state index in [0.29, 0.717) is 29.4 Å². The first-order valence-electron chi connectivity index (χ1n) is 5.99. The molecule has 1 aromatic rings. The van der Waals surface area contributed by atoms with Crippen LogP contribution < -0.4 is 9.47 Å². The van der Waals surface area contributed by atoms with Crippen molar-refractivity contribution in [3.8, 4) is 11.5 Å². The third-order valence-corrected chi connectivity index (χ3v) is 2.97. The Morgan fingerprint density at radius 1 is 1.28 bits per heavy atom. The van der Waals surface area contributed by atoms with Crippen LogP contribution >= 0.6 is 0 Å². The normalized spacial score (nSPS) is 16.5. The number of allylic oxidation sites excluding steroid dienone is 1. The summed E-state index contributed by atoms with van der Waals surface area (Å²) in [7, 11) is 3.17. The number of methoxy groups -OCH3 is 2. The lowest BCUT2D eigenvalue weighted by atomic mass is 10.0. The van der Waals surface area contributed by atoms with Crippen molar-refractivity contribution < 1.29 is 19.3 Å². The summed E-state index contributed by atoms with van der Waals surface area (Å²) in [5.41, 5.74) is 0.687. The maximum atomic E-state index is 10.3. The lowest BCUT2D eigenvalue weighted by Crippen LogP contribution is -2.10. The molecule has 4 nitrogen and oxygen atoms in total. The SMILES string of the molecule is COc1ccc(C(O)C2=CCCCO2)c(OC)c1. The van der Waals surface area contributed by atoms with E-state index in [0.717, 1.165) is 12.8 Å². The molecular formula is C14H18O4. The monoisotopic (exact) mass is 250 g/mol. The van der Waals surface area contributed by atoms with Crippen molar-refractivity contribution in [2.24, 2.45) is 0 Å². The van der Waals surface area contributed by atoms with Crippen LogP contribution in [-0.4, -0.2) is 25.9 Å². The Morgan fingerprint density at radius 3 is 2.72 bits per heavy atom. The van der Waals surface area contributed by atoms with Crippen LogP contribution in [0.15, 0.2) is 30.0 Å². The minimum Gasteiger partial charge on any atom is -0.497 e. The van der Waals surface area contributed by atoms with Crippen molar-refractivity contribution in [2.75, 3.05) is 20.8 Å². The summed E-state index contributed by atoms with van der Waals surface area (Å²) >= 11 is 0. The second-order valence-corrected chi connectivity index (χ2v) is 4.11.